The molecule has 1 amide bonds. The second-order valence-electron chi connectivity index (χ2n) is 4.87. The normalized spacial score (nSPS) is 26.6. The molecule has 1 aliphatic carbocycles. The number of alkyl halides is 1. The molecule has 1 aromatic heterocycles. The van der Waals surface area contributed by atoms with Crippen LogP contribution in [0.15, 0.2) is 6.07 Å². The van der Waals surface area contributed by atoms with Gasteiger partial charge in [0.25, 0.3) is 0 Å². The van der Waals surface area contributed by atoms with Gasteiger partial charge >= 0.3 is 0 Å². The van der Waals surface area contributed by atoms with Crippen LogP contribution in [-0.4, -0.2) is 28.8 Å². The Morgan fingerprint density at radius 3 is 2.94 bits per heavy atom. The molecule has 2 N–H and O–H groups in total. The van der Waals surface area contributed by atoms with E-state index in [9.17, 15) is 9.18 Å². The molecule has 2 aliphatic rings. The Bertz CT molecular complexity index is 480. The number of likely N-dealkylation sites (N-methyl/N-ethyl adjacent to an activating group) is 1. The molecular weight excluding hydrogens is 223 g/mol. The lowest BCUT2D eigenvalue weighted by Gasteiger charge is -2.16. The summed E-state index contributed by atoms with van der Waals surface area (Å²) in [4.78, 5) is 13.3. The molecule has 0 bridgehead atoms. The first-order valence-electron chi connectivity index (χ1n) is 5.82. The number of nitrogens with two attached hydrogens (primary N) is 1. The van der Waals surface area contributed by atoms with Gasteiger partial charge in [0.1, 0.15) is 11.5 Å². The fraction of sp³-hybridized carbons (Fsp3) is 0.636. The lowest BCUT2D eigenvalue weighted by molar-refractivity contribution is -0.119. The number of halogens is 1. The topological polar surface area (TPSA) is 64.2 Å². The third-order valence-corrected chi connectivity index (χ3v) is 3.55. The van der Waals surface area contributed by atoms with Crippen molar-refractivity contribution in [1.82, 2.24) is 9.78 Å². The van der Waals surface area contributed by atoms with E-state index in [0.717, 1.165) is 0 Å². The van der Waals surface area contributed by atoms with Crippen molar-refractivity contribution in [2.45, 2.75) is 37.5 Å². The maximum Gasteiger partial charge on any atom is 0.244 e. The first-order valence-corrected chi connectivity index (χ1v) is 5.82. The standard InChI is InChI=1S/C11H15FN4O/c1-15-9-6-8(11(12)3-4-11)14-16(9)5-2-7(13)10(15)17/h6-7H,2-5,13H2,1H3. The Balaban J connectivity index is 2.00. The summed E-state index contributed by atoms with van der Waals surface area (Å²) in [5.74, 6) is 0.501. The van der Waals surface area contributed by atoms with Crippen LogP contribution in [0.5, 0.6) is 0 Å². The summed E-state index contributed by atoms with van der Waals surface area (Å²) < 4.78 is 15.6. The number of hydrogen-bond donors (Lipinski definition) is 1. The SMILES string of the molecule is CN1C(=O)C(N)CCn2nc(C3(F)CC3)cc21. The highest BCUT2D eigenvalue weighted by atomic mass is 19.1. The van der Waals surface area contributed by atoms with Gasteiger partial charge in [-0.3, -0.25) is 9.69 Å². The maximum absolute atomic E-state index is 13.9. The number of carbonyl (C=O) groups excluding carboxylic acids is 1. The predicted molar refractivity (Wildman–Crippen MR) is 60.2 cm³/mol. The van der Waals surface area contributed by atoms with Crippen LogP contribution in [-0.2, 0) is 17.0 Å². The van der Waals surface area contributed by atoms with Gasteiger partial charge in [0.2, 0.25) is 5.91 Å². The highest BCUT2D eigenvalue weighted by molar-refractivity contribution is 5.96. The van der Waals surface area contributed by atoms with Gasteiger partial charge in [0.15, 0.2) is 5.67 Å². The molecule has 0 radical (unpaired) electrons. The molecule has 1 fully saturated rings. The summed E-state index contributed by atoms with van der Waals surface area (Å²) in [6.07, 6.45) is 1.60. The number of carbonyl (C=O) groups is 1. The summed E-state index contributed by atoms with van der Waals surface area (Å²) in [5, 5.41) is 4.26. The molecule has 1 saturated carbocycles. The van der Waals surface area contributed by atoms with Crippen LogP contribution < -0.4 is 10.6 Å². The van der Waals surface area contributed by atoms with Crippen molar-refractivity contribution in [2.24, 2.45) is 5.73 Å². The zero-order chi connectivity index (χ0) is 12.2. The fourth-order valence-electron chi connectivity index (χ4n) is 2.17. The Labute approximate surface area is 98.4 Å². The molecule has 5 nitrogen and oxygen atoms in total. The van der Waals surface area contributed by atoms with Crippen LogP contribution >= 0.6 is 0 Å². The summed E-state index contributed by atoms with van der Waals surface area (Å²) in [5.41, 5.74) is 4.93. The second kappa shape index (κ2) is 3.29. The summed E-state index contributed by atoms with van der Waals surface area (Å²) in [6, 6.07) is 1.17. The van der Waals surface area contributed by atoms with Crippen LogP contribution in [0.3, 0.4) is 0 Å². The average Bonchev–Trinajstić information content (AvgIpc) is 2.94. The number of amides is 1. The van der Waals surface area contributed by atoms with Crippen LogP contribution in [0.4, 0.5) is 10.2 Å². The van der Waals surface area contributed by atoms with Crippen molar-refractivity contribution in [3.05, 3.63) is 11.8 Å². The second-order valence-corrected chi connectivity index (χ2v) is 4.87. The molecular formula is C11H15FN4O. The lowest BCUT2D eigenvalue weighted by Crippen LogP contribution is -2.40. The molecule has 6 heteroatoms. The molecule has 17 heavy (non-hydrogen) atoms. The maximum atomic E-state index is 13.9. The van der Waals surface area contributed by atoms with Gasteiger partial charge < -0.3 is 5.73 Å². The summed E-state index contributed by atoms with van der Waals surface area (Å²) in [6.45, 7) is 0.558. The van der Waals surface area contributed by atoms with E-state index in [1.165, 1.54) is 4.90 Å². The molecule has 3 rings (SSSR count). The van der Waals surface area contributed by atoms with Crippen molar-refractivity contribution in [2.75, 3.05) is 11.9 Å². The van der Waals surface area contributed by atoms with Crippen molar-refractivity contribution in [3.8, 4) is 0 Å². The molecule has 0 aromatic carbocycles. The Kier molecular flexibility index (Phi) is 2.07. The zero-order valence-electron chi connectivity index (χ0n) is 9.69. The largest absolute Gasteiger partial charge is 0.320 e. The Morgan fingerprint density at radius 1 is 1.59 bits per heavy atom. The average molecular weight is 238 g/mol. The van der Waals surface area contributed by atoms with Crippen LogP contribution in [0.25, 0.3) is 0 Å². The highest BCUT2D eigenvalue weighted by Crippen LogP contribution is 2.49. The molecule has 1 unspecified atom stereocenters. The number of hydrogen-bond acceptors (Lipinski definition) is 3. The third kappa shape index (κ3) is 1.55. The number of aromatic nitrogens is 2. The molecule has 0 saturated heterocycles. The van der Waals surface area contributed by atoms with E-state index >= 15 is 0 Å². The van der Waals surface area contributed by atoms with Gasteiger partial charge in [0, 0.05) is 19.7 Å². The van der Waals surface area contributed by atoms with Gasteiger partial charge in [-0.05, 0) is 19.3 Å². The van der Waals surface area contributed by atoms with E-state index in [2.05, 4.69) is 5.10 Å². The van der Waals surface area contributed by atoms with Crippen LogP contribution in [0.1, 0.15) is 25.0 Å². The minimum Gasteiger partial charge on any atom is -0.320 e. The summed E-state index contributed by atoms with van der Waals surface area (Å²) >= 11 is 0. The quantitative estimate of drug-likeness (QED) is 0.776. The van der Waals surface area contributed by atoms with Gasteiger partial charge in [-0.2, -0.15) is 5.10 Å². The monoisotopic (exact) mass is 238 g/mol. The molecule has 2 heterocycles. The number of nitrogens with zero attached hydrogens (tertiary/aromatic N) is 3. The highest BCUT2D eigenvalue weighted by Gasteiger charge is 2.48. The van der Waals surface area contributed by atoms with Crippen molar-refractivity contribution in [3.63, 3.8) is 0 Å². The molecule has 1 atom stereocenters. The predicted octanol–water partition coefficient (Wildman–Crippen LogP) is 0.535. The van der Waals surface area contributed by atoms with Crippen molar-refractivity contribution < 1.29 is 9.18 Å². The first-order chi connectivity index (χ1) is 8.01. The van der Waals surface area contributed by atoms with E-state index in [-0.39, 0.29) is 5.91 Å². The van der Waals surface area contributed by atoms with E-state index in [1.807, 2.05) is 0 Å². The minimum absolute atomic E-state index is 0.140. The van der Waals surface area contributed by atoms with Crippen LogP contribution in [0.2, 0.25) is 0 Å². The number of anilines is 1. The molecule has 92 valence electrons. The molecule has 1 aliphatic heterocycles. The Morgan fingerprint density at radius 2 is 2.29 bits per heavy atom. The van der Waals surface area contributed by atoms with E-state index in [4.69, 9.17) is 5.73 Å². The summed E-state index contributed by atoms with van der Waals surface area (Å²) in [7, 11) is 1.66. The number of rotatable bonds is 1. The smallest absolute Gasteiger partial charge is 0.244 e. The molecule has 1 aromatic rings. The van der Waals surface area contributed by atoms with Crippen LogP contribution in [0, 0.1) is 0 Å². The van der Waals surface area contributed by atoms with Crippen molar-refractivity contribution >= 4 is 11.7 Å². The fourth-order valence-corrected chi connectivity index (χ4v) is 2.17. The number of fused-ring (bicyclic) bond motifs is 1. The van der Waals surface area contributed by atoms with Gasteiger partial charge in [-0.15, -0.1) is 0 Å². The number of aryl methyl sites for hydroxylation is 1. The van der Waals surface area contributed by atoms with Gasteiger partial charge in [0.05, 0.1) is 6.04 Å². The van der Waals surface area contributed by atoms with E-state index in [0.29, 0.717) is 37.3 Å². The minimum atomic E-state index is -1.26. The Hall–Kier alpha value is -1.43. The van der Waals surface area contributed by atoms with Gasteiger partial charge in [-0.1, -0.05) is 0 Å². The lowest BCUT2D eigenvalue weighted by atomic mass is 10.2. The first kappa shape index (κ1) is 10.7. The van der Waals surface area contributed by atoms with E-state index in [1.54, 1.807) is 17.8 Å². The zero-order valence-corrected chi connectivity index (χ0v) is 9.69. The third-order valence-electron chi connectivity index (χ3n) is 3.55. The molecule has 0 spiro atoms. The van der Waals surface area contributed by atoms with E-state index < -0.39 is 11.7 Å². The van der Waals surface area contributed by atoms with Crippen molar-refractivity contribution in [1.29, 1.82) is 0 Å². The van der Waals surface area contributed by atoms with Gasteiger partial charge in [-0.25, -0.2) is 9.07 Å².